The summed E-state index contributed by atoms with van der Waals surface area (Å²) in [6.45, 7) is 0. The molecule has 0 aliphatic rings. The zero-order chi connectivity index (χ0) is 13.7. The maximum atomic E-state index is 14.3. The molecule has 96 valence electrons. The van der Waals surface area contributed by atoms with Gasteiger partial charge < -0.3 is 0 Å². The molecule has 0 saturated heterocycles. The summed E-state index contributed by atoms with van der Waals surface area (Å²) >= 11 is 0. The van der Waals surface area contributed by atoms with E-state index in [9.17, 15) is 8.78 Å². The molecule has 2 heterocycles. The Hall–Kier alpha value is -2.76. The van der Waals surface area contributed by atoms with Crippen molar-refractivity contribution < 1.29 is 8.78 Å². The van der Waals surface area contributed by atoms with Crippen molar-refractivity contribution in [3.63, 3.8) is 0 Å². The summed E-state index contributed by atoms with van der Waals surface area (Å²) in [4.78, 5) is 16.2. The van der Waals surface area contributed by atoms with Crippen molar-refractivity contribution in [1.82, 2.24) is 19.9 Å². The summed E-state index contributed by atoms with van der Waals surface area (Å²) in [6.07, 6.45) is 5.76. The van der Waals surface area contributed by atoms with Gasteiger partial charge >= 0.3 is 0 Å². The molecule has 2 aromatic carbocycles. The van der Waals surface area contributed by atoms with Gasteiger partial charge in [0.2, 0.25) is 0 Å². The molecule has 0 radical (unpaired) electrons. The van der Waals surface area contributed by atoms with Gasteiger partial charge in [-0.1, -0.05) is 0 Å². The molecular weight excluding hydrogens is 262 g/mol. The molecule has 0 spiro atoms. The zero-order valence-corrected chi connectivity index (χ0v) is 10.0. The van der Waals surface area contributed by atoms with Gasteiger partial charge in [-0.2, -0.15) is 0 Å². The lowest BCUT2D eigenvalue weighted by Gasteiger charge is -2.07. The maximum Gasteiger partial charge on any atom is 0.135 e. The first-order valence-electron chi connectivity index (χ1n) is 5.88. The van der Waals surface area contributed by atoms with E-state index in [-0.39, 0.29) is 10.8 Å². The number of hydrogen-bond acceptors (Lipinski definition) is 4. The summed E-state index contributed by atoms with van der Waals surface area (Å²) < 4.78 is 28.6. The van der Waals surface area contributed by atoms with Gasteiger partial charge in [0.05, 0.1) is 32.8 Å². The Morgan fingerprint density at radius 2 is 1.00 bits per heavy atom. The van der Waals surface area contributed by atoms with Crippen LogP contribution in [0.5, 0.6) is 0 Å². The molecular formula is C14H6F2N4. The molecule has 0 amide bonds. The molecule has 2 aromatic heterocycles. The quantitative estimate of drug-likeness (QED) is 0.460. The van der Waals surface area contributed by atoms with Gasteiger partial charge in [0, 0.05) is 36.9 Å². The minimum atomic E-state index is -0.585. The molecule has 0 atom stereocenters. The number of nitrogens with zero attached hydrogens (tertiary/aromatic N) is 4. The van der Waals surface area contributed by atoms with E-state index in [0.29, 0.717) is 22.1 Å². The minimum Gasteiger partial charge on any atom is -0.253 e. The highest BCUT2D eigenvalue weighted by molar-refractivity contribution is 6.13. The lowest BCUT2D eigenvalue weighted by molar-refractivity contribution is 0.631. The van der Waals surface area contributed by atoms with Gasteiger partial charge in [-0.3, -0.25) is 19.9 Å². The molecule has 0 saturated carbocycles. The average molecular weight is 268 g/mol. The van der Waals surface area contributed by atoms with Crippen molar-refractivity contribution in [2.75, 3.05) is 0 Å². The van der Waals surface area contributed by atoms with E-state index in [1.165, 1.54) is 36.9 Å². The van der Waals surface area contributed by atoms with E-state index in [0.717, 1.165) is 0 Å². The van der Waals surface area contributed by atoms with Crippen LogP contribution >= 0.6 is 0 Å². The first kappa shape index (κ1) is 11.1. The number of aromatic nitrogens is 4. The van der Waals surface area contributed by atoms with Gasteiger partial charge in [-0.25, -0.2) is 8.78 Å². The van der Waals surface area contributed by atoms with Crippen LogP contribution in [-0.2, 0) is 0 Å². The lowest BCUT2D eigenvalue weighted by Crippen LogP contribution is -1.94. The third-order valence-electron chi connectivity index (χ3n) is 3.18. The first-order chi connectivity index (χ1) is 9.75. The summed E-state index contributed by atoms with van der Waals surface area (Å²) in [5, 5.41) is 0.169. The van der Waals surface area contributed by atoms with Crippen molar-refractivity contribution in [2.24, 2.45) is 0 Å². The van der Waals surface area contributed by atoms with E-state index >= 15 is 0 Å². The highest BCUT2D eigenvalue weighted by Gasteiger charge is 2.16. The number of fused-ring (bicyclic) bond motifs is 5. The van der Waals surface area contributed by atoms with Gasteiger partial charge in [-0.05, 0) is 0 Å². The van der Waals surface area contributed by atoms with Gasteiger partial charge in [0.15, 0.2) is 0 Å². The Morgan fingerprint density at radius 3 is 1.45 bits per heavy atom. The Bertz CT molecular complexity index is 904. The van der Waals surface area contributed by atoms with E-state index in [1.54, 1.807) is 0 Å². The highest BCUT2D eigenvalue weighted by atomic mass is 19.1. The van der Waals surface area contributed by atoms with Crippen LogP contribution in [0.1, 0.15) is 0 Å². The Labute approximate surface area is 111 Å². The molecule has 0 unspecified atom stereocenters. The number of rotatable bonds is 0. The van der Waals surface area contributed by atoms with E-state index in [1.807, 2.05) is 0 Å². The topological polar surface area (TPSA) is 51.6 Å². The highest BCUT2D eigenvalue weighted by Crippen LogP contribution is 2.32. The molecule has 0 aliphatic carbocycles. The smallest absolute Gasteiger partial charge is 0.135 e. The SMILES string of the molecule is Fc1cc2nccnc2c2c(F)cc3nccnc3c12. The van der Waals surface area contributed by atoms with Crippen molar-refractivity contribution >= 4 is 32.8 Å². The second kappa shape index (κ2) is 3.86. The van der Waals surface area contributed by atoms with Crippen molar-refractivity contribution in [3.05, 3.63) is 48.6 Å². The molecule has 6 heteroatoms. The molecule has 0 bridgehead atoms. The van der Waals surface area contributed by atoms with E-state index < -0.39 is 11.6 Å². The molecule has 4 aromatic rings. The fraction of sp³-hybridized carbons (Fsp3) is 0. The van der Waals surface area contributed by atoms with Crippen LogP contribution in [-0.4, -0.2) is 19.9 Å². The summed E-state index contributed by atoms with van der Waals surface area (Å²) in [5.74, 6) is -1.17. The Balaban J connectivity index is 2.40. The molecule has 20 heavy (non-hydrogen) atoms. The monoisotopic (exact) mass is 268 g/mol. The van der Waals surface area contributed by atoms with Crippen molar-refractivity contribution in [2.45, 2.75) is 0 Å². The lowest BCUT2D eigenvalue weighted by atomic mass is 10.1. The van der Waals surface area contributed by atoms with E-state index in [2.05, 4.69) is 19.9 Å². The van der Waals surface area contributed by atoms with Crippen LogP contribution in [0.15, 0.2) is 36.9 Å². The summed E-state index contributed by atoms with van der Waals surface area (Å²) in [6, 6.07) is 2.47. The predicted octanol–water partition coefficient (Wildman–Crippen LogP) is 3.00. The third-order valence-corrected chi connectivity index (χ3v) is 3.18. The van der Waals surface area contributed by atoms with Gasteiger partial charge in [0.25, 0.3) is 0 Å². The normalized spacial score (nSPS) is 11.5. The van der Waals surface area contributed by atoms with E-state index in [4.69, 9.17) is 0 Å². The van der Waals surface area contributed by atoms with Crippen LogP contribution in [0, 0.1) is 11.6 Å². The van der Waals surface area contributed by atoms with Crippen LogP contribution in [0.2, 0.25) is 0 Å². The zero-order valence-electron chi connectivity index (χ0n) is 10.0. The standard InChI is InChI=1S/C14H6F2N4/c15-7-5-9-13(19-3-1-17-9)11-8(16)6-10-14(12(7)11)20-4-2-18-10/h1-6H. The second-order valence-corrected chi connectivity index (χ2v) is 4.31. The molecule has 4 rings (SSSR count). The molecule has 0 aliphatic heterocycles. The fourth-order valence-electron chi connectivity index (χ4n) is 2.38. The number of hydrogen-bond donors (Lipinski definition) is 0. The maximum absolute atomic E-state index is 14.3. The minimum absolute atomic E-state index is 0.0844. The average Bonchev–Trinajstić information content (AvgIpc) is 2.47. The first-order valence-corrected chi connectivity index (χ1v) is 5.88. The van der Waals surface area contributed by atoms with Crippen molar-refractivity contribution in [1.29, 1.82) is 0 Å². The van der Waals surface area contributed by atoms with Crippen LogP contribution in [0.25, 0.3) is 32.8 Å². The molecule has 0 N–H and O–H groups in total. The van der Waals surface area contributed by atoms with Crippen LogP contribution in [0.3, 0.4) is 0 Å². The van der Waals surface area contributed by atoms with Gasteiger partial charge in [0.1, 0.15) is 11.6 Å². The summed E-state index contributed by atoms with van der Waals surface area (Å²) in [7, 11) is 0. The van der Waals surface area contributed by atoms with Gasteiger partial charge in [-0.15, -0.1) is 0 Å². The van der Waals surface area contributed by atoms with Crippen LogP contribution < -0.4 is 0 Å². The fourth-order valence-corrected chi connectivity index (χ4v) is 2.38. The third kappa shape index (κ3) is 1.38. The Morgan fingerprint density at radius 1 is 0.600 bits per heavy atom. The molecule has 4 nitrogen and oxygen atoms in total. The molecule has 0 fully saturated rings. The Kier molecular flexibility index (Phi) is 2.14. The second-order valence-electron chi connectivity index (χ2n) is 4.31. The number of halogens is 2. The number of benzene rings is 2. The summed E-state index contributed by atoms with van der Waals surface area (Å²) in [5.41, 5.74) is 1.24. The van der Waals surface area contributed by atoms with Crippen molar-refractivity contribution in [3.8, 4) is 0 Å². The largest absolute Gasteiger partial charge is 0.253 e. The van der Waals surface area contributed by atoms with Crippen LogP contribution in [0.4, 0.5) is 8.78 Å². The predicted molar refractivity (Wildman–Crippen MR) is 70.1 cm³/mol.